The van der Waals surface area contributed by atoms with E-state index in [1.807, 2.05) is 0 Å². The van der Waals surface area contributed by atoms with E-state index in [0.717, 1.165) is 6.07 Å². The molecule has 0 fully saturated rings. The van der Waals surface area contributed by atoms with E-state index in [-0.39, 0.29) is 6.42 Å². The molecule has 1 aromatic carbocycles. The number of carboxylic acid groups (broad SMARTS) is 1. The van der Waals surface area contributed by atoms with Gasteiger partial charge in [0.25, 0.3) is 0 Å². The van der Waals surface area contributed by atoms with Crippen molar-refractivity contribution in [3.8, 4) is 0 Å². The molecule has 0 saturated carbocycles. The summed E-state index contributed by atoms with van der Waals surface area (Å²) in [6.07, 6.45) is -5.17. The standard InChI is InChI=1S/C13H13F4NO3/c1-7-4-10(14)3-2-8(7)5-9(11(19)20)6-18-12(21)13(15,16)17/h2-4,9H,5-6H2,1H3,(H,18,21)(H,19,20). The lowest BCUT2D eigenvalue weighted by molar-refractivity contribution is -0.174. The molecule has 0 radical (unpaired) electrons. The number of hydrogen-bond donors (Lipinski definition) is 2. The van der Waals surface area contributed by atoms with Crippen LogP contribution in [0.2, 0.25) is 0 Å². The predicted molar refractivity (Wildman–Crippen MR) is 65.0 cm³/mol. The molecule has 116 valence electrons. The van der Waals surface area contributed by atoms with Crippen LogP contribution < -0.4 is 5.32 Å². The Bertz CT molecular complexity index is 543. The number of aliphatic carboxylic acids is 1. The Labute approximate surface area is 117 Å². The number of hydrogen-bond acceptors (Lipinski definition) is 2. The number of alkyl halides is 3. The fraction of sp³-hybridized carbons (Fsp3) is 0.385. The second kappa shape index (κ2) is 6.55. The molecule has 1 rings (SSSR count). The minimum atomic E-state index is -5.06. The Morgan fingerprint density at radius 2 is 1.95 bits per heavy atom. The van der Waals surface area contributed by atoms with E-state index in [1.54, 1.807) is 6.92 Å². The van der Waals surface area contributed by atoms with E-state index in [1.165, 1.54) is 17.4 Å². The summed E-state index contributed by atoms with van der Waals surface area (Å²) in [4.78, 5) is 21.7. The van der Waals surface area contributed by atoms with Gasteiger partial charge in [0, 0.05) is 6.54 Å². The molecular formula is C13H13F4NO3. The smallest absolute Gasteiger partial charge is 0.471 e. The first-order valence-corrected chi connectivity index (χ1v) is 5.94. The van der Waals surface area contributed by atoms with Crippen LogP contribution in [-0.2, 0) is 16.0 Å². The second-order valence-electron chi connectivity index (χ2n) is 4.52. The van der Waals surface area contributed by atoms with Crippen molar-refractivity contribution in [2.75, 3.05) is 6.54 Å². The highest BCUT2D eigenvalue weighted by molar-refractivity contribution is 5.82. The molecule has 0 aromatic heterocycles. The molecule has 1 aromatic rings. The van der Waals surface area contributed by atoms with Crippen molar-refractivity contribution in [3.63, 3.8) is 0 Å². The zero-order chi connectivity index (χ0) is 16.2. The van der Waals surface area contributed by atoms with Crippen LogP contribution in [0.4, 0.5) is 17.6 Å². The van der Waals surface area contributed by atoms with Gasteiger partial charge in [-0.2, -0.15) is 13.2 Å². The van der Waals surface area contributed by atoms with Crippen LogP contribution in [0.3, 0.4) is 0 Å². The van der Waals surface area contributed by atoms with Crippen molar-refractivity contribution < 1.29 is 32.3 Å². The molecule has 0 aliphatic heterocycles. The number of halogens is 4. The van der Waals surface area contributed by atoms with Gasteiger partial charge in [-0.1, -0.05) is 6.07 Å². The Hall–Kier alpha value is -2.12. The molecule has 4 nitrogen and oxygen atoms in total. The maximum atomic E-state index is 12.9. The van der Waals surface area contributed by atoms with E-state index in [2.05, 4.69) is 0 Å². The number of nitrogens with one attached hydrogen (secondary N) is 1. The summed E-state index contributed by atoms with van der Waals surface area (Å²) < 4.78 is 49.0. The molecule has 2 N–H and O–H groups in total. The third-order valence-electron chi connectivity index (χ3n) is 2.89. The number of rotatable bonds is 5. The van der Waals surface area contributed by atoms with E-state index < -0.39 is 36.3 Å². The fourth-order valence-electron chi connectivity index (χ4n) is 1.72. The highest BCUT2D eigenvalue weighted by Crippen LogP contribution is 2.17. The number of carbonyl (C=O) groups excluding carboxylic acids is 1. The van der Waals surface area contributed by atoms with Crippen LogP contribution in [0.25, 0.3) is 0 Å². The normalized spacial score (nSPS) is 12.8. The number of benzene rings is 1. The lowest BCUT2D eigenvalue weighted by Gasteiger charge is -2.15. The maximum Gasteiger partial charge on any atom is 0.471 e. The molecule has 0 saturated heterocycles. The highest BCUT2D eigenvalue weighted by atomic mass is 19.4. The molecule has 0 spiro atoms. The predicted octanol–water partition coefficient (Wildman–Crippen LogP) is 2.06. The number of aryl methyl sites for hydroxylation is 1. The van der Waals surface area contributed by atoms with Gasteiger partial charge in [-0.05, 0) is 36.6 Å². The van der Waals surface area contributed by atoms with Gasteiger partial charge >= 0.3 is 18.1 Å². The van der Waals surface area contributed by atoms with Crippen LogP contribution in [-0.4, -0.2) is 29.7 Å². The molecule has 21 heavy (non-hydrogen) atoms. The zero-order valence-corrected chi connectivity index (χ0v) is 11.0. The average molecular weight is 307 g/mol. The van der Waals surface area contributed by atoms with E-state index >= 15 is 0 Å². The van der Waals surface area contributed by atoms with E-state index in [4.69, 9.17) is 5.11 Å². The minimum Gasteiger partial charge on any atom is -0.481 e. The Balaban J connectivity index is 2.75. The summed E-state index contributed by atoms with van der Waals surface area (Å²) in [5.74, 6) is -5.26. The quantitative estimate of drug-likeness (QED) is 0.818. The van der Waals surface area contributed by atoms with Crippen LogP contribution in [0.15, 0.2) is 18.2 Å². The van der Waals surface area contributed by atoms with Gasteiger partial charge in [-0.3, -0.25) is 9.59 Å². The van der Waals surface area contributed by atoms with Crippen molar-refractivity contribution in [3.05, 3.63) is 35.1 Å². The third-order valence-corrected chi connectivity index (χ3v) is 2.89. The highest BCUT2D eigenvalue weighted by Gasteiger charge is 2.39. The first kappa shape index (κ1) is 16.9. The number of carbonyl (C=O) groups is 2. The SMILES string of the molecule is Cc1cc(F)ccc1CC(CNC(=O)C(F)(F)F)C(=O)O. The molecular weight excluding hydrogens is 294 g/mol. The van der Waals surface area contributed by atoms with Gasteiger partial charge in [-0.15, -0.1) is 0 Å². The second-order valence-corrected chi connectivity index (χ2v) is 4.52. The number of amides is 1. The fourth-order valence-corrected chi connectivity index (χ4v) is 1.72. The maximum absolute atomic E-state index is 12.9. The van der Waals surface area contributed by atoms with E-state index in [9.17, 15) is 27.2 Å². The summed E-state index contributed by atoms with van der Waals surface area (Å²) in [5.41, 5.74) is 0.980. The van der Waals surface area contributed by atoms with Crippen molar-refractivity contribution >= 4 is 11.9 Å². The number of carboxylic acids is 1. The summed E-state index contributed by atoms with van der Waals surface area (Å²) >= 11 is 0. The van der Waals surface area contributed by atoms with Crippen molar-refractivity contribution in [2.45, 2.75) is 19.5 Å². The van der Waals surface area contributed by atoms with Crippen molar-refractivity contribution in [1.82, 2.24) is 5.32 Å². The molecule has 1 unspecified atom stereocenters. The summed E-state index contributed by atoms with van der Waals surface area (Å²) in [6, 6.07) is 3.70. The third kappa shape index (κ3) is 5.05. The molecule has 0 heterocycles. The molecule has 0 bridgehead atoms. The van der Waals surface area contributed by atoms with Gasteiger partial charge in [0.05, 0.1) is 5.92 Å². The van der Waals surface area contributed by atoms with Gasteiger partial charge in [0.15, 0.2) is 0 Å². The lowest BCUT2D eigenvalue weighted by Crippen LogP contribution is -2.41. The molecule has 1 atom stereocenters. The van der Waals surface area contributed by atoms with Gasteiger partial charge in [0.2, 0.25) is 0 Å². The van der Waals surface area contributed by atoms with Crippen LogP contribution in [0.5, 0.6) is 0 Å². The van der Waals surface area contributed by atoms with Crippen molar-refractivity contribution in [2.24, 2.45) is 5.92 Å². The van der Waals surface area contributed by atoms with Crippen LogP contribution >= 0.6 is 0 Å². The first-order valence-electron chi connectivity index (χ1n) is 5.94. The molecule has 1 amide bonds. The minimum absolute atomic E-state index is 0.112. The Morgan fingerprint density at radius 1 is 1.33 bits per heavy atom. The summed E-state index contributed by atoms with van der Waals surface area (Å²) in [7, 11) is 0. The van der Waals surface area contributed by atoms with Gasteiger partial charge in [0.1, 0.15) is 5.82 Å². The monoisotopic (exact) mass is 307 g/mol. The zero-order valence-electron chi connectivity index (χ0n) is 11.0. The van der Waals surface area contributed by atoms with Crippen molar-refractivity contribution in [1.29, 1.82) is 0 Å². The molecule has 0 aliphatic rings. The van der Waals surface area contributed by atoms with Gasteiger partial charge < -0.3 is 10.4 Å². The molecule has 8 heteroatoms. The topological polar surface area (TPSA) is 66.4 Å². The Morgan fingerprint density at radius 3 is 2.43 bits per heavy atom. The summed E-state index contributed by atoms with van der Waals surface area (Å²) in [5, 5.41) is 10.5. The van der Waals surface area contributed by atoms with Crippen LogP contribution in [0.1, 0.15) is 11.1 Å². The summed E-state index contributed by atoms with van der Waals surface area (Å²) in [6.45, 7) is 0.899. The van der Waals surface area contributed by atoms with Gasteiger partial charge in [-0.25, -0.2) is 4.39 Å². The average Bonchev–Trinajstić information content (AvgIpc) is 2.34. The van der Waals surface area contributed by atoms with E-state index in [0.29, 0.717) is 11.1 Å². The first-order chi connectivity index (χ1) is 9.61. The molecule has 0 aliphatic carbocycles. The van der Waals surface area contributed by atoms with Crippen LogP contribution in [0, 0.1) is 18.7 Å². The Kier molecular flexibility index (Phi) is 5.28. The lowest BCUT2D eigenvalue weighted by atomic mass is 9.96. The largest absolute Gasteiger partial charge is 0.481 e.